The Labute approximate surface area is 129 Å². The third-order valence-electron chi connectivity index (χ3n) is 4.73. The highest BCUT2D eigenvalue weighted by molar-refractivity contribution is 6.08. The quantitative estimate of drug-likeness (QED) is 0.926. The molecule has 1 N–H and O–H groups in total. The fraction of sp³-hybridized carbons (Fsp3) is 0.500. The summed E-state index contributed by atoms with van der Waals surface area (Å²) in [6.07, 6.45) is 5.46. The standard InChI is InChI=1S/C16H20N4O2/c1-10-14-16(19(2)18-10)22-9-8-20(14)15(21)12-6-7-17-13(12)11-4-3-5-11/h6-7,11,17H,3-5,8-9H2,1-2H3. The number of nitrogens with one attached hydrogen (secondary N) is 1. The van der Waals surface area contributed by atoms with Crippen LogP contribution in [0.1, 0.15) is 46.9 Å². The van der Waals surface area contributed by atoms with Crippen LogP contribution in [-0.2, 0) is 7.05 Å². The van der Waals surface area contributed by atoms with Gasteiger partial charge in [0.05, 0.1) is 17.8 Å². The summed E-state index contributed by atoms with van der Waals surface area (Å²) < 4.78 is 7.38. The van der Waals surface area contributed by atoms with Gasteiger partial charge in [0.2, 0.25) is 5.88 Å². The summed E-state index contributed by atoms with van der Waals surface area (Å²) in [7, 11) is 1.84. The summed E-state index contributed by atoms with van der Waals surface area (Å²) in [4.78, 5) is 18.1. The number of fused-ring (bicyclic) bond motifs is 1. The molecule has 0 spiro atoms. The van der Waals surface area contributed by atoms with E-state index in [1.165, 1.54) is 19.3 Å². The van der Waals surface area contributed by atoms with Crippen molar-refractivity contribution >= 4 is 11.6 Å². The van der Waals surface area contributed by atoms with Crippen LogP contribution < -0.4 is 9.64 Å². The number of amides is 1. The number of carbonyl (C=O) groups excluding carboxylic acids is 1. The molecule has 3 heterocycles. The molecule has 0 saturated heterocycles. The molecule has 1 aliphatic carbocycles. The molecule has 6 nitrogen and oxygen atoms in total. The van der Waals surface area contributed by atoms with Crippen molar-refractivity contribution < 1.29 is 9.53 Å². The van der Waals surface area contributed by atoms with Gasteiger partial charge in [-0.05, 0) is 31.7 Å². The molecule has 0 atom stereocenters. The lowest BCUT2D eigenvalue weighted by Gasteiger charge is -2.30. The van der Waals surface area contributed by atoms with Gasteiger partial charge < -0.3 is 9.72 Å². The fourth-order valence-corrected chi connectivity index (χ4v) is 3.40. The Kier molecular flexibility index (Phi) is 2.99. The molecule has 4 rings (SSSR count). The number of aromatic amines is 1. The predicted molar refractivity (Wildman–Crippen MR) is 82.5 cm³/mol. The van der Waals surface area contributed by atoms with Gasteiger partial charge in [-0.2, -0.15) is 5.10 Å². The van der Waals surface area contributed by atoms with E-state index in [9.17, 15) is 4.79 Å². The van der Waals surface area contributed by atoms with Gasteiger partial charge in [0, 0.05) is 18.9 Å². The van der Waals surface area contributed by atoms with E-state index in [0.29, 0.717) is 24.9 Å². The number of hydrogen-bond acceptors (Lipinski definition) is 3. The molecule has 2 aromatic heterocycles. The Morgan fingerprint density at radius 2 is 2.27 bits per heavy atom. The van der Waals surface area contributed by atoms with Crippen molar-refractivity contribution in [3.05, 3.63) is 29.2 Å². The number of hydrogen-bond donors (Lipinski definition) is 1. The molecule has 1 fully saturated rings. The van der Waals surface area contributed by atoms with Gasteiger partial charge in [0.15, 0.2) is 0 Å². The molecular formula is C16H20N4O2. The molecule has 1 aliphatic heterocycles. The maximum Gasteiger partial charge on any atom is 0.260 e. The molecule has 1 saturated carbocycles. The van der Waals surface area contributed by atoms with Crippen molar-refractivity contribution in [1.82, 2.24) is 14.8 Å². The number of aromatic nitrogens is 3. The minimum absolute atomic E-state index is 0.0452. The normalized spacial score (nSPS) is 17.8. The number of nitrogens with zero attached hydrogens (tertiary/aromatic N) is 3. The highest BCUT2D eigenvalue weighted by Crippen LogP contribution is 2.39. The van der Waals surface area contributed by atoms with Crippen molar-refractivity contribution in [3.63, 3.8) is 0 Å². The van der Waals surface area contributed by atoms with E-state index in [1.807, 2.05) is 31.1 Å². The molecule has 2 aliphatic rings. The topological polar surface area (TPSA) is 63.2 Å². The van der Waals surface area contributed by atoms with Crippen LogP contribution in [0.2, 0.25) is 0 Å². The van der Waals surface area contributed by atoms with Gasteiger partial charge in [-0.3, -0.25) is 9.69 Å². The molecule has 1 amide bonds. The molecule has 6 heteroatoms. The van der Waals surface area contributed by atoms with E-state index in [2.05, 4.69) is 10.1 Å². The Bertz CT molecular complexity index is 727. The van der Waals surface area contributed by atoms with E-state index < -0.39 is 0 Å². The molecule has 2 aromatic rings. The second-order valence-corrected chi connectivity index (χ2v) is 6.10. The van der Waals surface area contributed by atoms with Crippen LogP contribution in [-0.4, -0.2) is 33.8 Å². The maximum absolute atomic E-state index is 13.1. The van der Waals surface area contributed by atoms with E-state index in [4.69, 9.17) is 4.74 Å². The SMILES string of the molecule is Cc1nn(C)c2c1N(C(=O)c1cc[nH]c1C1CCC1)CCO2. The van der Waals surface area contributed by atoms with Crippen LogP contribution in [0, 0.1) is 6.92 Å². The van der Waals surface area contributed by atoms with Crippen molar-refractivity contribution in [2.24, 2.45) is 7.05 Å². The zero-order valence-electron chi connectivity index (χ0n) is 12.9. The van der Waals surface area contributed by atoms with Crippen LogP contribution in [0.15, 0.2) is 12.3 Å². The summed E-state index contributed by atoms with van der Waals surface area (Å²) in [5.74, 6) is 1.23. The number of carbonyl (C=O) groups is 1. The van der Waals surface area contributed by atoms with E-state index >= 15 is 0 Å². The molecule has 0 aromatic carbocycles. The van der Waals surface area contributed by atoms with Gasteiger partial charge in [-0.1, -0.05) is 6.42 Å². The summed E-state index contributed by atoms with van der Waals surface area (Å²) in [5.41, 5.74) is 3.51. The average molecular weight is 300 g/mol. The monoisotopic (exact) mass is 300 g/mol. The number of H-pyrrole nitrogens is 1. The van der Waals surface area contributed by atoms with E-state index in [1.54, 1.807) is 4.68 Å². The smallest absolute Gasteiger partial charge is 0.260 e. The molecule has 0 radical (unpaired) electrons. The first-order valence-corrected chi connectivity index (χ1v) is 7.82. The van der Waals surface area contributed by atoms with Crippen molar-refractivity contribution in [1.29, 1.82) is 0 Å². The molecular weight excluding hydrogens is 280 g/mol. The largest absolute Gasteiger partial charge is 0.474 e. The van der Waals surface area contributed by atoms with E-state index in [0.717, 1.165) is 22.6 Å². The zero-order valence-corrected chi connectivity index (χ0v) is 12.9. The second-order valence-electron chi connectivity index (χ2n) is 6.10. The summed E-state index contributed by atoms with van der Waals surface area (Å²) in [6.45, 7) is 2.98. The zero-order chi connectivity index (χ0) is 15.3. The Morgan fingerprint density at radius 1 is 1.45 bits per heavy atom. The highest BCUT2D eigenvalue weighted by atomic mass is 16.5. The summed E-state index contributed by atoms with van der Waals surface area (Å²) >= 11 is 0. The number of ether oxygens (including phenoxy) is 1. The highest BCUT2D eigenvalue weighted by Gasteiger charge is 2.33. The molecule has 116 valence electrons. The first-order valence-electron chi connectivity index (χ1n) is 7.82. The number of aryl methyl sites for hydroxylation is 2. The average Bonchev–Trinajstić information content (AvgIpc) is 3.02. The Balaban J connectivity index is 1.71. The van der Waals surface area contributed by atoms with Crippen LogP contribution in [0.3, 0.4) is 0 Å². The summed E-state index contributed by atoms with van der Waals surface area (Å²) in [6, 6.07) is 1.90. The first kappa shape index (κ1) is 13.4. The van der Waals surface area contributed by atoms with Crippen LogP contribution in [0.4, 0.5) is 5.69 Å². The van der Waals surface area contributed by atoms with Crippen molar-refractivity contribution in [3.8, 4) is 5.88 Å². The summed E-state index contributed by atoms with van der Waals surface area (Å²) in [5, 5.41) is 4.38. The molecule has 0 unspecified atom stereocenters. The van der Waals surface area contributed by atoms with E-state index in [-0.39, 0.29) is 5.91 Å². The Hall–Kier alpha value is -2.24. The van der Waals surface area contributed by atoms with Crippen molar-refractivity contribution in [2.45, 2.75) is 32.1 Å². The van der Waals surface area contributed by atoms with Gasteiger partial charge in [-0.25, -0.2) is 4.68 Å². The Morgan fingerprint density at radius 3 is 3.00 bits per heavy atom. The lowest BCUT2D eigenvalue weighted by molar-refractivity contribution is 0.0973. The lowest BCUT2D eigenvalue weighted by atomic mass is 9.81. The minimum Gasteiger partial charge on any atom is -0.474 e. The van der Waals surface area contributed by atoms with Gasteiger partial charge in [-0.15, -0.1) is 0 Å². The van der Waals surface area contributed by atoms with Gasteiger partial charge >= 0.3 is 0 Å². The third-order valence-corrected chi connectivity index (χ3v) is 4.73. The van der Waals surface area contributed by atoms with Gasteiger partial charge in [0.1, 0.15) is 12.3 Å². The number of anilines is 1. The van der Waals surface area contributed by atoms with Crippen LogP contribution >= 0.6 is 0 Å². The second kappa shape index (κ2) is 4.90. The predicted octanol–water partition coefficient (Wildman–Crippen LogP) is 2.36. The van der Waals surface area contributed by atoms with Crippen LogP contribution in [0.5, 0.6) is 5.88 Å². The molecule has 0 bridgehead atoms. The minimum atomic E-state index is 0.0452. The van der Waals surface area contributed by atoms with Gasteiger partial charge in [0.25, 0.3) is 5.91 Å². The first-order chi connectivity index (χ1) is 10.7. The third kappa shape index (κ3) is 1.86. The maximum atomic E-state index is 13.1. The van der Waals surface area contributed by atoms with Crippen molar-refractivity contribution in [2.75, 3.05) is 18.1 Å². The fourth-order valence-electron chi connectivity index (χ4n) is 3.40. The van der Waals surface area contributed by atoms with Crippen LogP contribution in [0.25, 0.3) is 0 Å². The molecule has 22 heavy (non-hydrogen) atoms. The lowest BCUT2D eigenvalue weighted by Crippen LogP contribution is -2.38. The number of rotatable bonds is 2.